The number of hydrogen-bond acceptors (Lipinski definition) is 6. The molecule has 1 aliphatic rings. The van der Waals surface area contributed by atoms with Gasteiger partial charge in [0.15, 0.2) is 0 Å². The van der Waals surface area contributed by atoms with Gasteiger partial charge in [0.25, 0.3) is 10.0 Å². The first-order valence-corrected chi connectivity index (χ1v) is 11.0. The molecule has 1 aliphatic heterocycles. The molecule has 3 rings (SSSR count). The number of nitrogens with zero attached hydrogens (tertiary/aromatic N) is 2. The van der Waals surface area contributed by atoms with Crippen LogP contribution in [0.1, 0.15) is 12.8 Å². The highest BCUT2D eigenvalue weighted by Crippen LogP contribution is 2.31. The molecule has 1 fully saturated rings. The highest BCUT2D eigenvalue weighted by Gasteiger charge is 2.34. The minimum Gasteiger partial charge on any atom is -0.480 e. The molecule has 2 aromatic heterocycles. The maximum absolute atomic E-state index is 12.8. The summed E-state index contributed by atoms with van der Waals surface area (Å²) in [5.41, 5.74) is 0.474. The molecule has 3 heterocycles. The van der Waals surface area contributed by atoms with Crippen LogP contribution in [0, 0.1) is 5.92 Å². The van der Waals surface area contributed by atoms with Crippen molar-refractivity contribution in [2.75, 3.05) is 25.5 Å². The Labute approximate surface area is 164 Å². The lowest BCUT2D eigenvalue weighted by Gasteiger charge is -2.30. The first kappa shape index (κ1) is 19.3. The van der Waals surface area contributed by atoms with Gasteiger partial charge in [-0.25, -0.2) is 13.4 Å². The van der Waals surface area contributed by atoms with Gasteiger partial charge in [0.05, 0.1) is 16.8 Å². The summed E-state index contributed by atoms with van der Waals surface area (Å²) in [5, 5.41) is 2.79. The van der Waals surface area contributed by atoms with Gasteiger partial charge in [0.1, 0.15) is 9.90 Å². The molecular formula is C16H18BrN3O4S2. The summed E-state index contributed by atoms with van der Waals surface area (Å²) in [7, 11) is -2.11. The van der Waals surface area contributed by atoms with Crippen molar-refractivity contribution < 1.29 is 17.9 Å². The maximum atomic E-state index is 12.8. The average Bonchev–Trinajstić information content (AvgIpc) is 3.09. The first-order chi connectivity index (χ1) is 12.4. The molecule has 1 amide bonds. The third-order valence-corrected chi connectivity index (χ3v) is 8.08. The van der Waals surface area contributed by atoms with Crippen LogP contribution < -0.4 is 10.1 Å². The van der Waals surface area contributed by atoms with Gasteiger partial charge in [-0.15, -0.1) is 11.3 Å². The predicted octanol–water partition coefficient (Wildman–Crippen LogP) is 2.95. The molecule has 10 heteroatoms. The summed E-state index contributed by atoms with van der Waals surface area (Å²) >= 11 is 4.46. The van der Waals surface area contributed by atoms with Crippen LogP contribution in [-0.2, 0) is 14.8 Å². The Bertz CT molecular complexity index is 900. The Kier molecular flexibility index (Phi) is 5.96. The molecule has 26 heavy (non-hydrogen) atoms. The average molecular weight is 460 g/mol. The molecule has 1 N–H and O–H groups in total. The number of pyridine rings is 1. The lowest BCUT2D eigenvalue weighted by Crippen LogP contribution is -2.43. The molecule has 1 saturated heterocycles. The van der Waals surface area contributed by atoms with E-state index in [9.17, 15) is 13.2 Å². The van der Waals surface area contributed by atoms with E-state index in [-0.39, 0.29) is 16.7 Å². The minimum atomic E-state index is -3.59. The summed E-state index contributed by atoms with van der Waals surface area (Å²) in [4.78, 5) is 16.7. The summed E-state index contributed by atoms with van der Waals surface area (Å²) in [6, 6.07) is 6.68. The van der Waals surface area contributed by atoms with Crippen molar-refractivity contribution in [3.8, 4) is 5.88 Å². The van der Waals surface area contributed by atoms with E-state index in [1.54, 1.807) is 30.5 Å². The number of sulfonamides is 1. The summed E-state index contributed by atoms with van der Waals surface area (Å²) in [6.07, 6.45) is 2.84. The Morgan fingerprint density at radius 2 is 2.23 bits per heavy atom. The quantitative estimate of drug-likeness (QED) is 0.742. The fourth-order valence-electron chi connectivity index (χ4n) is 2.82. The van der Waals surface area contributed by atoms with E-state index in [1.807, 2.05) is 0 Å². The SMILES string of the molecule is COc1ncccc1NC(=O)C1CCCN(S(=O)(=O)c2ccc(Br)s2)C1. The number of carbonyl (C=O) groups is 1. The molecule has 0 aromatic carbocycles. The van der Waals surface area contributed by atoms with Gasteiger partial charge >= 0.3 is 0 Å². The van der Waals surface area contributed by atoms with Crippen LogP contribution in [-0.4, -0.2) is 43.8 Å². The number of rotatable bonds is 5. The number of anilines is 1. The van der Waals surface area contributed by atoms with Crippen molar-refractivity contribution in [1.29, 1.82) is 0 Å². The second-order valence-electron chi connectivity index (χ2n) is 5.81. The predicted molar refractivity (Wildman–Crippen MR) is 103 cm³/mol. The second-order valence-corrected chi connectivity index (χ2v) is 10.4. The van der Waals surface area contributed by atoms with Crippen LogP contribution in [0.25, 0.3) is 0 Å². The number of halogens is 1. The Morgan fingerprint density at radius 3 is 2.92 bits per heavy atom. The van der Waals surface area contributed by atoms with Crippen molar-refractivity contribution in [2.24, 2.45) is 5.92 Å². The summed E-state index contributed by atoms with van der Waals surface area (Å²) < 4.78 is 33.1. The summed E-state index contributed by atoms with van der Waals surface area (Å²) in [5.74, 6) is -0.333. The number of hydrogen-bond donors (Lipinski definition) is 1. The van der Waals surface area contributed by atoms with Crippen LogP contribution in [0.15, 0.2) is 38.5 Å². The van der Waals surface area contributed by atoms with E-state index in [4.69, 9.17) is 4.74 Å². The molecule has 0 saturated carbocycles. The molecule has 2 aromatic rings. The van der Waals surface area contributed by atoms with Crippen molar-refractivity contribution in [2.45, 2.75) is 17.1 Å². The number of piperidine rings is 1. The van der Waals surface area contributed by atoms with E-state index in [2.05, 4.69) is 26.2 Å². The second kappa shape index (κ2) is 8.03. The number of nitrogens with one attached hydrogen (secondary N) is 1. The molecule has 1 atom stereocenters. The number of carbonyl (C=O) groups excluding carboxylic acids is 1. The van der Waals surface area contributed by atoms with Gasteiger partial charge in [-0.05, 0) is 53.0 Å². The van der Waals surface area contributed by atoms with Crippen LogP contribution in [0.3, 0.4) is 0 Å². The number of aromatic nitrogens is 1. The first-order valence-electron chi connectivity index (χ1n) is 7.97. The normalized spacial score (nSPS) is 18.5. The fourth-order valence-corrected chi connectivity index (χ4v) is 6.51. The van der Waals surface area contributed by atoms with Gasteiger partial charge in [-0.2, -0.15) is 4.31 Å². The van der Waals surface area contributed by atoms with E-state index < -0.39 is 15.9 Å². The largest absolute Gasteiger partial charge is 0.480 e. The van der Waals surface area contributed by atoms with Gasteiger partial charge < -0.3 is 10.1 Å². The van der Waals surface area contributed by atoms with Crippen molar-refractivity contribution >= 4 is 48.9 Å². The molecule has 140 valence electrons. The third kappa shape index (κ3) is 4.08. The Balaban J connectivity index is 1.73. The fraction of sp³-hybridized carbons (Fsp3) is 0.375. The molecular weight excluding hydrogens is 442 g/mol. The van der Waals surface area contributed by atoms with E-state index in [0.717, 1.165) is 3.79 Å². The van der Waals surface area contributed by atoms with Crippen molar-refractivity contribution in [3.05, 3.63) is 34.2 Å². The van der Waals surface area contributed by atoms with Crippen molar-refractivity contribution in [3.63, 3.8) is 0 Å². The van der Waals surface area contributed by atoms with E-state index in [0.29, 0.717) is 31.0 Å². The highest BCUT2D eigenvalue weighted by molar-refractivity contribution is 9.11. The molecule has 7 nitrogen and oxygen atoms in total. The zero-order valence-electron chi connectivity index (χ0n) is 14.0. The number of methoxy groups -OCH3 is 1. The number of amides is 1. The van der Waals surface area contributed by atoms with Crippen molar-refractivity contribution in [1.82, 2.24) is 9.29 Å². The van der Waals surface area contributed by atoms with Crippen LogP contribution in [0.4, 0.5) is 5.69 Å². The van der Waals surface area contributed by atoms with E-state index >= 15 is 0 Å². The number of ether oxygens (including phenoxy) is 1. The van der Waals surface area contributed by atoms with Crippen LogP contribution in [0.2, 0.25) is 0 Å². The number of thiophene rings is 1. The molecule has 0 radical (unpaired) electrons. The zero-order chi connectivity index (χ0) is 18.7. The smallest absolute Gasteiger partial charge is 0.252 e. The van der Waals surface area contributed by atoms with Crippen LogP contribution in [0.5, 0.6) is 5.88 Å². The van der Waals surface area contributed by atoms with E-state index in [1.165, 1.54) is 22.8 Å². The minimum absolute atomic E-state index is 0.159. The van der Waals surface area contributed by atoms with Gasteiger partial charge in [0, 0.05) is 19.3 Å². The zero-order valence-corrected chi connectivity index (χ0v) is 17.2. The summed E-state index contributed by atoms with van der Waals surface area (Å²) in [6.45, 7) is 0.574. The van der Waals surface area contributed by atoms with Crippen LogP contribution >= 0.6 is 27.3 Å². The lowest BCUT2D eigenvalue weighted by atomic mass is 9.99. The van der Waals surface area contributed by atoms with Gasteiger partial charge in [-0.3, -0.25) is 4.79 Å². The topological polar surface area (TPSA) is 88.6 Å². The Morgan fingerprint density at radius 1 is 1.42 bits per heavy atom. The monoisotopic (exact) mass is 459 g/mol. The molecule has 0 bridgehead atoms. The van der Waals surface area contributed by atoms with Gasteiger partial charge in [0.2, 0.25) is 11.8 Å². The Hall–Kier alpha value is -1.49. The highest BCUT2D eigenvalue weighted by atomic mass is 79.9. The standard InChI is InChI=1S/C16H18BrN3O4S2/c1-24-16-12(5-2-8-18-16)19-15(21)11-4-3-9-20(10-11)26(22,23)14-7-6-13(17)25-14/h2,5-8,11H,3-4,9-10H2,1H3,(H,19,21). The molecule has 0 aliphatic carbocycles. The van der Waals surface area contributed by atoms with Gasteiger partial charge in [-0.1, -0.05) is 0 Å². The molecule has 1 unspecified atom stereocenters. The maximum Gasteiger partial charge on any atom is 0.252 e. The molecule has 0 spiro atoms. The third-order valence-electron chi connectivity index (χ3n) is 4.12. The lowest BCUT2D eigenvalue weighted by molar-refractivity contribution is -0.120.